The van der Waals surface area contributed by atoms with Crippen molar-refractivity contribution in [3.63, 3.8) is 0 Å². The van der Waals surface area contributed by atoms with E-state index in [1.165, 1.54) is 0 Å². The lowest BCUT2D eigenvalue weighted by molar-refractivity contribution is 0.103. The van der Waals surface area contributed by atoms with Crippen LogP contribution >= 0.6 is 0 Å². The molecule has 2 heteroatoms. The minimum Gasteiger partial charge on any atom is -0.289 e. The summed E-state index contributed by atoms with van der Waals surface area (Å²) in [5.74, 6) is 0.0347. The normalized spacial score (nSPS) is 10.8. The summed E-state index contributed by atoms with van der Waals surface area (Å²) < 4.78 is 0. The van der Waals surface area contributed by atoms with E-state index in [1.807, 2.05) is 67.6 Å². The fourth-order valence-corrected chi connectivity index (χ4v) is 4.55. The third-order valence-corrected chi connectivity index (χ3v) is 5.88. The Balaban J connectivity index is 2.39. The molecule has 0 saturated carbocycles. The fourth-order valence-electron chi connectivity index (χ4n) is 4.55. The summed E-state index contributed by atoms with van der Waals surface area (Å²) in [7, 11) is 0. The second-order valence-electron chi connectivity index (χ2n) is 7.47. The summed E-state index contributed by atoms with van der Waals surface area (Å²) in [4.78, 5) is 27.3. The molecule has 0 unspecified atom stereocenters. The number of carbonyl (C=O) groups excluding carboxylic acids is 2. The molecule has 0 radical (unpaired) electrons. The maximum atomic E-state index is 13.7. The molecule has 0 N–H and O–H groups in total. The fraction of sp³-hybridized carbons (Fsp3) is 0.286. The Morgan fingerprint density at radius 2 is 0.833 bits per heavy atom. The highest BCUT2D eigenvalue weighted by molar-refractivity contribution is 6.16. The number of rotatable bonds is 8. The Morgan fingerprint density at radius 1 is 0.500 bits per heavy atom. The first-order valence-electron chi connectivity index (χ1n) is 11.0. The Labute approximate surface area is 180 Å². The van der Waals surface area contributed by atoms with Crippen LogP contribution in [0.2, 0.25) is 0 Å². The van der Waals surface area contributed by atoms with Gasteiger partial charge in [0.1, 0.15) is 0 Å². The highest BCUT2D eigenvalue weighted by Gasteiger charge is 2.28. The maximum Gasteiger partial charge on any atom is 0.193 e. The Hall–Kier alpha value is -3.00. The van der Waals surface area contributed by atoms with Gasteiger partial charge >= 0.3 is 0 Å². The molecule has 0 spiro atoms. The van der Waals surface area contributed by atoms with Crippen molar-refractivity contribution in [2.45, 2.75) is 53.4 Å². The van der Waals surface area contributed by atoms with E-state index < -0.39 is 0 Å². The summed E-state index contributed by atoms with van der Waals surface area (Å²) in [6, 6.07) is 18.8. The molecule has 3 aromatic carbocycles. The molecule has 3 aromatic rings. The molecule has 0 fully saturated rings. The van der Waals surface area contributed by atoms with Crippen LogP contribution in [0.1, 0.15) is 81.8 Å². The highest BCUT2D eigenvalue weighted by atomic mass is 16.1. The van der Waals surface area contributed by atoms with Gasteiger partial charge in [0, 0.05) is 22.3 Å². The van der Waals surface area contributed by atoms with E-state index in [0.29, 0.717) is 17.5 Å². The van der Waals surface area contributed by atoms with Crippen molar-refractivity contribution in [2.75, 3.05) is 0 Å². The van der Waals surface area contributed by atoms with Crippen LogP contribution < -0.4 is 0 Å². The van der Waals surface area contributed by atoms with Gasteiger partial charge in [-0.3, -0.25) is 9.59 Å². The van der Waals surface area contributed by atoms with Crippen LogP contribution in [0.5, 0.6) is 0 Å². The Bertz CT molecular complexity index is 966. The lowest BCUT2D eigenvalue weighted by atomic mass is 9.78. The monoisotopic (exact) mass is 398 g/mol. The number of carbonyl (C=O) groups is 2. The largest absolute Gasteiger partial charge is 0.289 e. The lowest BCUT2D eigenvalue weighted by Gasteiger charge is -2.24. The average molecular weight is 399 g/mol. The van der Waals surface area contributed by atoms with Crippen LogP contribution in [0.3, 0.4) is 0 Å². The summed E-state index contributed by atoms with van der Waals surface area (Å²) in [6.45, 7) is 8.37. The zero-order valence-electron chi connectivity index (χ0n) is 18.4. The van der Waals surface area contributed by atoms with Crippen molar-refractivity contribution in [3.05, 3.63) is 105 Å². The summed E-state index contributed by atoms with van der Waals surface area (Å²) in [5.41, 5.74) is 7.07. The van der Waals surface area contributed by atoms with Crippen molar-refractivity contribution in [1.82, 2.24) is 0 Å². The van der Waals surface area contributed by atoms with Gasteiger partial charge in [-0.05, 0) is 47.9 Å². The molecule has 0 aliphatic heterocycles. The van der Waals surface area contributed by atoms with Crippen LogP contribution in [-0.4, -0.2) is 11.6 Å². The first-order chi connectivity index (χ1) is 14.6. The van der Waals surface area contributed by atoms with Crippen LogP contribution in [-0.2, 0) is 25.7 Å². The van der Waals surface area contributed by atoms with Gasteiger partial charge in [-0.15, -0.1) is 0 Å². The molecule has 0 bridgehead atoms. The van der Waals surface area contributed by atoms with Gasteiger partial charge in [-0.1, -0.05) is 88.4 Å². The number of hydrogen-bond donors (Lipinski definition) is 0. The molecule has 3 rings (SSSR count). The average Bonchev–Trinajstić information content (AvgIpc) is 2.82. The molecule has 30 heavy (non-hydrogen) atoms. The van der Waals surface area contributed by atoms with E-state index in [1.54, 1.807) is 0 Å². The van der Waals surface area contributed by atoms with Crippen LogP contribution in [0.4, 0.5) is 0 Å². The van der Waals surface area contributed by atoms with Crippen molar-refractivity contribution in [2.24, 2.45) is 0 Å². The molecular weight excluding hydrogens is 368 g/mol. The van der Waals surface area contributed by atoms with E-state index in [2.05, 4.69) is 20.8 Å². The lowest BCUT2D eigenvalue weighted by Crippen LogP contribution is -2.20. The van der Waals surface area contributed by atoms with Gasteiger partial charge in [0.15, 0.2) is 11.6 Å². The predicted molar refractivity (Wildman–Crippen MR) is 124 cm³/mol. The van der Waals surface area contributed by atoms with Crippen LogP contribution in [0.15, 0.2) is 60.7 Å². The van der Waals surface area contributed by atoms with Gasteiger partial charge < -0.3 is 0 Å². The smallest absolute Gasteiger partial charge is 0.193 e. The molecule has 154 valence electrons. The van der Waals surface area contributed by atoms with Gasteiger partial charge in [0.05, 0.1) is 0 Å². The molecule has 0 heterocycles. The minimum atomic E-state index is 0.0174. The van der Waals surface area contributed by atoms with E-state index in [-0.39, 0.29) is 11.6 Å². The van der Waals surface area contributed by atoms with E-state index in [4.69, 9.17) is 0 Å². The second kappa shape index (κ2) is 9.67. The number of hydrogen-bond acceptors (Lipinski definition) is 2. The minimum absolute atomic E-state index is 0.0174. The quantitative estimate of drug-likeness (QED) is 0.412. The molecule has 0 aromatic heterocycles. The third kappa shape index (κ3) is 3.87. The SMILES string of the molecule is CCc1c(CC)c(C(=O)c2ccccc2)c(CC)c(C(=O)c2ccccc2)c1CC. The zero-order valence-corrected chi connectivity index (χ0v) is 18.4. The van der Waals surface area contributed by atoms with Crippen LogP contribution in [0, 0.1) is 0 Å². The van der Waals surface area contributed by atoms with Crippen molar-refractivity contribution in [3.8, 4) is 0 Å². The number of benzene rings is 3. The Morgan fingerprint density at radius 3 is 1.13 bits per heavy atom. The molecule has 0 saturated heterocycles. The summed E-state index contributed by atoms with van der Waals surface area (Å²) in [6.07, 6.45) is 3.00. The first-order valence-corrected chi connectivity index (χ1v) is 11.0. The molecule has 0 aliphatic carbocycles. The first kappa shape index (κ1) is 21.7. The molecule has 2 nitrogen and oxygen atoms in total. The van der Waals surface area contributed by atoms with Gasteiger partial charge in [-0.25, -0.2) is 0 Å². The van der Waals surface area contributed by atoms with Crippen LogP contribution in [0.25, 0.3) is 0 Å². The van der Waals surface area contributed by atoms with Crippen molar-refractivity contribution >= 4 is 11.6 Å². The van der Waals surface area contributed by atoms with Crippen molar-refractivity contribution < 1.29 is 9.59 Å². The van der Waals surface area contributed by atoms with Crippen molar-refractivity contribution in [1.29, 1.82) is 0 Å². The summed E-state index contributed by atoms with van der Waals surface area (Å²) >= 11 is 0. The number of ketones is 2. The van der Waals surface area contributed by atoms with E-state index in [0.717, 1.165) is 52.6 Å². The molecule has 0 atom stereocenters. The summed E-state index contributed by atoms with van der Waals surface area (Å²) in [5, 5.41) is 0. The standard InChI is InChI=1S/C28H30O2/c1-5-21-22(6-2)25(27(29)19-15-11-9-12-16-19)24(8-4)26(23(21)7-3)28(30)20-17-13-10-14-18-20/h9-18H,5-8H2,1-4H3. The highest BCUT2D eigenvalue weighted by Crippen LogP contribution is 2.34. The maximum absolute atomic E-state index is 13.7. The van der Waals surface area contributed by atoms with Gasteiger partial charge in [0.2, 0.25) is 0 Å². The van der Waals surface area contributed by atoms with Gasteiger partial charge in [0.25, 0.3) is 0 Å². The topological polar surface area (TPSA) is 34.1 Å². The molecular formula is C28H30O2. The Kier molecular flexibility index (Phi) is 6.99. The van der Waals surface area contributed by atoms with Gasteiger partial charge in [-0.2, -0.15) is 0 Å². The van der Waals surface area contributed by atoms with E-state index in [9.17, 15) is 9.59 Å². The zero-order chi connectivity index (χ0) is 21.7. The molecule has 0 amide bonds. The van der Waals surface area contributed by atoms with E-state index >= 15 is 0 Å². The molecule has 0 aliphatic rings. The third-order valence-electron chi connectivity index (χ3n) is 5.88. The second-order valence-corrected chi connectivity index (χ2v) is 7.47. The predicted octanol–water partition coefficient (Wildman–Crippen LogP) is 6.40.